The van der Waals surface area contributed by atoms with Crippen molar-refractivity contribution in [2.75, 3.05) is 6.79 Å². The number of benzene rings is 1. The lowest BCUT2D eigenvalue weighted by Gasteiger charge is -2.21. The average molecular weight is 408 g/mol. The topological polar surface area (TPSA) is 57.7 Å². The Morgan fingerprint density at radius 1 is 1.42 bits per heavy atom. The third-order valence-electron chi connectivity index (χ3n) is 3.86. The van der Waals surface area contributed by atoms with E-state index in [0.29, 0.717) is 28.0 Å². The van der Waals surface area contributed by atoms with Crippen molar-refractivity contribution in [1.29, 1.82) is 0 Å². The summed E-state index contributed by atoms with van der Waals surface area (Å²) in [5.41, 5.74) is 3.26. The van der Waals surface area contributed by atoms with Gasteiger partial charge in [0.05, 0.1) is 12.3 Å². The highest BCUT2D eigenvalue weighted by Gasteiger charge is 2.21. The van der Waals surface area contributed by atoms with E-state index in [2.05, 4.69) is 4.98 Å². The highest BCUT2D eigenvalue weighted by atomic mass is 35.5. The summed E-state index contributed by atoms with van der Waals surface area (Å²) in [6, 6.07) is 5.52. The number of hydrogen-bond acceptors (Lipinski definition) is 7. The molecule has 26 heavy (non-hydrogen) atoms. The van der Waals surface area contributed by atoms with Gasteiger partial charge in [-0.2, -0.15) is 11.3 Å². The van der Waals surface area contributed by atoms with Gasteiger partial charge in [-0.25, -0.2) is 9.78 Å². The molecule has 0 bridgehead atoms. The van der Waals surface area contributed by atoms with E-state index in [-0.39, 0.29) is 13.4 Å². The molecule has 4 rings (SSSR count). The largest absolute Gasteiger partial charge is 0.467 e. The predicted molar refractivity (Wildman–Crippen MR) is 101 cm³/mol. The van der Waals surface area contributed by atoms with Crippen LogP contribution in [0.1, 0.15) is 26.5 Å². The number of aryl methyl sites for hydroxylation is 1. The molecule has 134 valence electrons. The van der Waals surface area contributed by atoms with Crippen molar-refractivity contribution in [2.24, 2.45) is 0 Å². The average Bonchev–Trinajstić information content (AvgIpc) is 3.28. The van der Waals surface area contributed by atoms with Crippen molar-refractivity contribution in [3.63, 3.8) is 0 Å². The van der Waals surface area contributed by atoms with Crippen LogP contribution >= 0.6 is 34.3 Å². The Hall–Kier alpha value is -1.93. The fraction of sp³-hybridized carbons (Fsp3) is 0.222. The summed E-state index contributed by atoms with van der Waals surface area (Å²) in [5.74, 6) is 0.274. The second kappa shape index (κ2) is 7.36. The number of ether oxygens (including phenoxy) is 3. The smallest absolute Gasteiger partial charge is 0.350 e. The van der Waals surface area contributed by atoms with Gasteiger partial charge in [0.15, 0.2) is 6.79 Å². The summed E-state index contributed by atoms with van der Waals surface area (Å²) < 4.78 is 16.3. The van der Waals surface area contributed by atoms with E-state index in [1.165, 1.54) is 11.3 Å². The third-order valence-corrected chi connectivity index (χ3v) is 5.95. The summed E-state index contributed by atoms with van der Waals surface area (Å²) in [5, 5.41) is 5.36. The Morgan fingerprint density at radius 3 is 3.12 bits per heavy atom. The molecule has 0 saturated carbocycles. The lowest BCUT2D eigenvalue weighted by atomic mass is 10.1. The quantitative estimate of drug-likeness (QED) is 0.566. The molecule has 1 aliphatic rings. The van der Waals surface area contributed by atoms with Gasteiger partial charge in [-0.05, 0) is 30.5 Å². The monoisotopic (exact) mass is 407 g/mol. The Kier molecular flexibility index (Phi) is 4.95. The number of nitrogens with zero attached hydrogens (tertiary/aromatic N) is 1. The first kappa shape index (κ1) is 17.5. The van der Waals surface area contributed by atoms with Crippen LogP contribution in [0.15, 0.2) is 29.0 Å². The van der Waals surface area contributed by atoms with Crippen LogP contribution in [-0.4, -0.2) is 17.7 Å². The van der Waals surface area contributed by atoms with Gasteiger partial charge in [-0.3, -0.25) is 0 Å². The van der Waals surface area contributed by atoms with E-state index >= 15 is 0 Å². The fourth-order valence-corrected chi connectivity index (χ4v) is 4.60. The highest BCUT2D eigenvalue weighted by Crippen LogP contribution is 2.33. The van der Waals surface area contributed by atoms with Crippen LogP contribution in [0.3, 0.4) is 0 Å². The molecule has 8 heteroatoms. The molecule has 0 spiro atoms. The van der Waals surface area contributed by atoms with E-state index in [1.54, 1.807) is 23.5 Å². The molecule has 0 unspecified atom stereocenters. The normalized spacial score (nSPS) is 13.2. The van der Waals surface area contributed by atoms with Crippen molar-refractivity contribution in [3.8, 4) is 16.3 Å². The van der Waals surface area contributed by atoms with Crippen LogP contribution in [0, 0.1) is 6.92 Å². The van der Waals surface area contributed by atoms with Crippen LogP contribution in [0.5, 0.6) is 5.75 Å². The van der Waals surface area contributed by atoms with Crippen molar-refractivity contribution in [2.45, 2.75) is 20.1 Å². The van der Waals surface area contributed by atoms with Crippen LogP contribution in [0.2, 0.25) is 5.02 Å². The number of hydrogen-bond donors (Lipinski definition) is 0. The van der Waals surface area contributed by atoms with Gasteiger partial charge in [0.25, 0.3) is 0 Å². The Morgan fingerprint density at radius 2 is 2.31 bits per heavy atom. The van der Waals surface area contributed by atoms with Crippen LogP contribution in [-0.2, 0) is 22.7 Å². The SMILES string of the molecule is Cc1nc(-c2ccsc2)sc1C(=O)OCc1cc(Cl)cc2c1OCOC2. The Labute approximate surface area is 163 Å². The van der Waals surface area contributed by atoms with Gasteiger partial charge in [-0.15, -0.1) is 11.3 Å². The zero-order valence-corrected chi connectivity index (χ0v) is 16.2. The zero-order chi connectivity index (χ0) is 18.1. The number of esters is 1. The van der Waals surface area contributed by atoms with E-state index < -0.39 is 5.97 Å². The molecular formula is C18H14ClNO4S2. The molecule has 1 aromatic carbocycles. The van der Waals surface area contributed by atoms with Crippen LogP contribution < -0.4 is 4.74 Å². The molecule has 0 amide bonds. The maximum absolute atomic E-state index is 12.5. The number of carbonyl (C=O) groups is 1. The number of aromatic nitrogens is 1. The minimum atomic E-state index is -0.401. The van der Waals surface area contributed by atoms with Gasteiger partial charge in [-0.1, -0.05) is 11.6 Å². The maximum Gasteiger partial charge on any atom is 0.350 e. The summed E-state index contributed by atoms with van der Waals surface area (Å²) >= 11 is 9.07. The molecule has 3 aromatic rings. The van der Waals surface area contributed by atoms with Crippen LogP contribution in [0.4, 0.5) is 0 Å². The second-order valence-electron chi connectivity index (χ2n) is 5.69. The first-order valence-corrected chi connectivity index (χ1v) is 9.94. The number of carbonyl (C=O) groups excluding carboxylic acids is 1. The molecule has 0 atom stereocenters. The van der Waals surface area contributed by atoms with E-state index in [9.17, 15) is 4.79 Å². The second-order valence-corrected chi connectivity index (χ2v) is 7.90. The van der Waals surface area contributed by atoms with E-state index in [4.69, 9.17) is 25.8 Å². The maximum atomic E-state index is 12.5. The minimum absolute atomic E-state index is 0.0762. The van der Waals surface area contributed by atoms with Crippen LogP contribution in [0.25, 0.3) is 10.6 Å². The number of rotatable bonds is 4. The molecule has 5 nitrogen and oxygen atoms in total. The predicted octanol–water partition coefficient (Wildman–Crippen LogP) is 5.06. The van der Waals surface area contributed by atoms with Gasteiger partial charge in [0, 0.05) is 27.1 Å². The summed E-state index contributed by atoms with van der Waals surface area (Å²) in [7, 11) is 0. The molecule has 0 N–H and O–H groups in total. The lowest BCUT2D eigenvalue weighted by molar-refractivity contribution is -0.0180. The molecule has 0 radical (unpaired) electrons. The van der Waals surface area contributed by atoms with E-state index in [0.717, 1.165) is 21.7 Å². The molecule has 2 aromatic heterocycles. The first-order chi connectivity index (χ1) is 12.6. The molecule has 0 fully saturated rings. The molecule has 0 aliphatic carbocycles. The highest BCUT2D eigenvalue weighted by molar-refractivity contribution is 7.17. The molecular weight excluding hydrogens is 394 g/mol. The van der Waals surface area contributed by atoms with Gasteiger partial charge in [0.2, 0.25) is 0 Å². The number of fused-ring (bicyclic) bond motifs is 1. The van der Waals surface area contributed by atoms with Crippen molar-refractivity contribution < 1.29 is 19.0 Å². The molecule has 0 saturated heterocycles. The summed E-state index contributed by atoms with van der Waals surface area (Å²) in [6.07, 6.45) is 0. The Bertz CT molecular complexity index is 953. The number of thiazole rings is 1. The van der Waals surface area contributed by atoms with Crippen molar-refractivity contribution in [3.05, 3.63) is 55.7 Å². The summed E-state index contributed by atoms with van der Waals surface area (Å²) in [4.78, 5) is 17.5. The van der Waals surface area contributed by atoms with E-state index in [1.807, 2.05) is 23.8 Å². The third kappa shape index (κ3) is 3.48. The zero-order valence-electron chi connectivity index (χ0n) is 13.8. The number of thiophene rings is 1. The minimum Gasteiger partial charge on any atom is -0.467 e. The lowest BCUT2D eigenvalue weighted by Crippen LogP contribution is -2.14. The Balaban J connectivity index is 1.52. The van der Waals surface area contributed by atoms with Gasteiger partial charge < -0.3 is 14.2 Å². The fourth-order valence-electron chi connectivity index (χ4n) is 2.67. The standard InChI is InChI=1S/C18H14ClNO4S2/c1-10-16(26-17(20-10)11-2-3-25-8-11)18(21)23-7-13-5-14(19)4-12-6-22-9-24-15(12)13/h2-5,8H,6-7,9H2,1H3. The van der Waals surface area contributed by atoms with Gasteiger partial charge >= 0.3 is 5.97 Å². The summed E-state index contributed by atoms with van der Waals surface area (Å²) in [6.45, 7) is 2.49. The van der Waals surface area contributed by atoms with Gasteiger partial charge in [0.1, 0.15) is 22.2 Å². The number of halogens is 1. The first-order valence-electron chi connectivity index (χ1n) is 7.81. The molecule has 3 heterocycles. The van der Waals surface area contributed by atoms with Crippen molar-refractivity contribution in [1.82, 2.24) is 4.98 Å². The van der Waals surface area contributed by atoms with Crippen molar-refractivity contribution >= 4 is 40.2 Å². The molecule has 1 aliphatic heterocycles.